The number of nitrogens with two attached hydrogens (primary N) is 1. The summed E-state index contributed by atoms with van der Waals surface area (Å²) in [4.78, 5) is 8.48. The van der Waals surface area contributed by atoms with E-state index in [9.17, 15) is 8.78 Å². The maximum atomic E-state index is 13.1. The predicted molar refractivity (Wildman–Crippen MR) is 98.4 cm³/mol. The van der Waals surface area contributed by atoms with Crippen molar-refractivity contribution in [1.29, 1.82) is 0 Å². The molecule has 0 saturated heterocycles. The molecule has 3 nitrogen and oxygen atoms in total. The molecule has 0 aromatic heterocycles. The van der Waals surface area contributed by atoms with Gasteiger partial charge >= 0.3 is 0 Å². The van der Waals surface area contributed by atoms with E-state index in [1.807, 2.05) is 27.7 Å². The first-order chi connectivity index (χ1) is 10.9. The van der Waals surface area contributed by atoms with Crippen LogP contribution in [0.15, 0.2) is 40.1 Å². The number of rotatable bonds is 2. The summed E-state index contributed by atoms with van der Waals surface area (Å²) in [6, 6.07) is 7.00. The van der Waals surface area contributed by atoms with Crippen molar-refractivity contribution in [1.82, 2.24) is 0 Å². The first-order valence-corrected chi connectivity index (χ1v) is 8.20. The van der Waals surface area contributed by atoms with Gasteiger partial charge in [0.25, 0.3) is 5.66 Å². The van der Waals surface area contributed by atoms with Gasteiger partial charge in [-0.1, -0.05) is 42.5 Å². The minimum absolute atomic E-state index is 0. The Kier molecular flexibility index (Phi) is 13.6. The average molecular weight is 578 g/mol. The maximum absolute atomic E-state index is 13.1. The first-order valence-electron chi connectivity index (χ1n) is 7.63. The summed E-state index contributed by atoms with van der Waals surface area (Å²) < 4.78 is 26.2. The molecule has 0 radical (unpaired) electrons. The number of aliphatic imine (C=N–C) groups is 2. The Morgan fingerprint density at radius 3 is 2.25 bits per heavy atom. The molecule has 1 aromatic rings. The van der Waals surface area contributed by atoms with E-state index >= 15 is 0 Å². The van der Waals surface area contributed by atoms with E-state index in [4.69, 9.17) is 5.73 Å². The SMILES string of the molecule is CC.CC.CC1=NC(N)=CCN=C1c1[c-]cc(C(F)(F)P)cc1.[U]. The van der Waals surface area contributed by atoms with Gasteiger partial charge in [0.2, 0.25) is 0 Å². The molecule has 1 aromatic carbocycles. The van der Waals surface area contributed by atoms with Gasteiger partial charge in [-0.3, -0.25) is 0 Å². The number of halogens is 2. The summed E-state index contributed by atoms with van der Waals surface area (Å²) in [6.45, 7) is 10.2. The molecule has 0 fully saturated rings. The van der Waals surface area contributed by atoms with E-state index in [1.165, 1.54) is 21.4 Å². The van der Waals surface area contributed by atoms with Gasteiger partial charge in [-0.2, -0.15) is 0 Å². The van der Waals surface area contributed by atoms with Crippen LogP contribution in [0.3, 0.4) is 0 Å². The zero-order valence-corrected chi connectivity index (χ0v) is 20.1. The smallest absolute Gasteiger partial charge is 0.253 e. The Balaban J connectivity index is 0. The normalized spacial score (nSPS) is 13.4. The van der Waals surface area contributed by atoms with Crippen LogP contribution in [0.2, 0.25) is 0 Å². The van der Waals surface area contributed by atoms with Crippen LogP contribution < -0.4 is 5.73 Å². The molecule has 0 spiro atoms. The van der Waals surface area contributed by atoms with Crippen molar-refractivity contribution in [2.24, 2.45) is 15.7 Å². The number of alkyl halides is 2. The third-order valence-electron chi connectivity index (χ3n) is 2.64. The van der Waals surface area contributed by atoms with Crippen molar-refractivity contribution in [3.8, 4) is 0 Å². The van der Waals surface area contributed by atoms with Gasteiger partial charge in [0.1, 0.15) is 5.82 Å². The molecule has 1 aliphatic heterocycles. The molecular formula is C17H25F2N3PU-. The number of nitrogens with zero attached hydrogens (tertiary/aromatic N) is 2. The van der Waals surface area contributed by atoms with Crippen LogP contribution in [0, 0.1) is 37.2 Å². The van der Waals surface area contributed by atoms with Gasteiger partial charge in [0.15, 0.2) is 0 Å². The summed E-state index contributed by atoms with van der Waals surface area (Å²) in [5.74, 6) is 0.407. The summed E-state index contributed by atoms with van der Waals surface area (Å²) in [5.41, 5.74) is 4.47. The van der Waals surface area contributed by atoms with Crippen LogP contribution in [0.25, 0.3) is 0 Å². The van der Waals surface area contributed by atoms with Gasteiger partial charge in [-0.05, 0) is 13.0 Å². The van der Waals surface area contributed by atoms with E-state index < -0.39 is 5.66 Å². The van der Waals surface area contributed by atoms with Crippen molar-refractivity contribution in [2.45, 2.75) is 40.3 Å². The number of hydrogen-bond donors (Lipinski definition) is 1. The van der Waals surface area contributed by atoms with Crippen LogP contribution in [0.4, 0.5) is 8.78 Å². The zero-order valence-electron chi connectivity index (χ0n) is 14.8. The monoisotopic (exact) mass is 578 g/mol. The van der Waals surface area contributed by atoms with Crippen molar-refractivity contribution >= 4 is 20.7 Å². The first kappa shape index (κ1) is 25.7. The van der Waals surface area contributed by atoms with Crippen molar-refractivity contribution < 1.29 is 39.9 Å². The molecule has 1 unspecified atom stereocenters. The van der Waals surface area contributed by atoms with Crippen LogP contribution in [0.1, 0.15) is 45.7 Å². The van der Waals surface area contributed by atoms with Crippen molar-refractivity contribution in [2.75, 3.05) is 6.54 Å². The van der Waals surface area contributed by atoms with Gasteiger partial charge in [0, 0.05) is 42.5 Å². The fourth-order valence-corrected chi connectivity index (χ4v) is 1.88. The molecule has 132 valence electrons. The van der Waals surface area contributed by atoms with Crippen LogP contribution in [-0.2, 0) is 5.66 Å². The van der Waals surface area contributed by atoms with Gasteiger partial charge in [0.05, 0.1) is 6.54 Å². The Hall–Kier alpha value is -0.558. The number of benzene rings is 1. The van der Waals surface area contributed by atoms with E-state index in [2.05, 4.69) is 16.1 Å². The third-order valence-corrected chi connectivity index (χ3v) is 2.98. The van der Waals surface area contributed by atoms with Crippen LogP contribution in [0.5, 0.6) is 0 Å². The van der Waals surface area contributed by atoms with Crippen molar-refractivity contribution in [3.63, 3.8) is 0 Å². The molecule has 0 amide bonds. The average Bonchev–Trinajstić information content (AvgIpc) is 2.71. The third kappa shape index (κ3) is 8.01. The Morgan fingerprint density at radius 2 is 1.79 bits per heavy atom. The van der Waals surface area contributed by atoms with Gasteiger partial charge in [-0.15, -0.1) is 29.8 Å². The number of hydrogen-bond acceptors (Lipinski definition) is 3. The fraction of sp³-hybridized carbons (Fsp3) is 0.412. The Bertz CT molecular complexity index is 576. The molecule has 24 heavy (non-hydrogen) atoms. The van der Waals surface area contributed by atoms with Crippen LogP contribution in [-0.4, -0.2) is 18.0 Å². The van der Waals surface area contributed by atoms with E-state index in [1.54, 1.807) is 19.1 Å². The Labute approximate surface area is 169 Å². The second-order valence-corrected chi connectivity index (χ2v) is 4.85. The fourth-order valence-electron chi connectivity index (χ4n) is 1.70. The molecule has 2 rings (SSSR count). The predicted octanol–water partition coefficient (Wildman–Crippen LogP) is 4.53. The molecular weight excluding hydrogens is 553 g/mol. The molecule has 1 aliphatic rings. The van der Waals surface area contributed by atoms with Gasteiger partial charge < -0.3 is 10.7 Å². The van der Waals surface area contributed by atoms with E-state index in [0.717, 1.165) is 0 Å². The largest absolute Gasteiger partial charge is 0.384 e. The maximum Gasteiger partial charge on any atom is 0.253 e. The summed E-state index contributed by atoms with van der Waals surface area (Å²) in [5, 5.41) is 0. The molecule has 0 bridgehead atoms. The molecule has 7 heteroatoms. The molecule has 1 atom stereocenters. The molecule has 0 aliphatic carbocycles. The molecule has 0 saturated carbocycles. The quantitative estimate of drug-likeness (QED) is 0.407. The molecule has 2 N–H and O–H groups in total. The van der Waals surface area contributed by atoms with E-state index in [0.29, 0.717) is 29.4 Å². The topological polar surface area (TPSA) is 50.7 Å². The second-order valence-electron chi connectivity index (χ2n) is 4.13. The summed E-state index contributed by atoms with van der Waals surface area (Å²) in [7, 11) is 1.50. The van der Waals surface area contributed by atoms with Crippen molar-refractivity contribution in [3.05, 3.63) is 47.3 Å². The summed E-state index contributed by atoms with van der Waals surface area (Å²) >= 11 is 0. The minimum Gasteiger partial charge on any atom is -0.384 e. The zero-order chi connectivity index (χ0) is 18.0. The minimum atomic E-state index is -2.95. The van der Waals surface area contributed by atoms with E-state index in [-0.39, 0.29) is 36.7 Å². The second kappa shape index (κ2) is 12.8. The van der Waals surface area contributed by atoms with Crippen LogP contribution >= 0.6 is 9.24 Å². The van der Waals surface area contributed by atoms with Gasteiger partial charge in [-0.25, -0.2) is 13.8 Å². The standard InChI is InChI=1S/C13H13F2N3P.2C2H6.U/c1-8-12(17-7-6-11(16)18-8)9-2-4-10(5-3-9)13(14,15)19;2*1-2;/h2,4-6H,7,16,19H2,1H3;2*1-2H3;/q-1;;;. The Morgan fingerprint density at radius 1 is 1.21 bits per heavy atom. The summed E-state index contributed by atoms with van der Waals surface area (Å²) in [6.07, 6.45) is 1.70. The molecule has 1 heterocycles.